The van der Waals surface area contributed by atoms with Gasteiger partial charge in [-0.05, 0) is 73.9 Å². The van der Waals surface area contributed by atoms with Gasteiger partial charge in [-0.2, -0.15) is 0 Å². The first-order valence-electron chi connectivity index (χ1n) is 12.5. The molecule has 5 N–H and O–H groups in total. The van der Waals surface area contributed by atoms with Gasteiger partial charge in [-0.15, -0.1) is 0 Å². The van der Waals surface area contributed by atoms with Crippen molar-refractivity contribution in [3.63, 3.8) is 0 Å². The number of nitrogens with zero attached hydrogens (tertiary/aromatic N) is 1. The zero-order chi connectivity index (χ0) is 25.9. The van der Waals surface area contributed by atoms with E-state index in [0.29, 0.717) is 5.75 Å². The van der Waals surface area contributed by atoms with Gasteiger partial charge in [-0.1, -0.05) is 30.2 Å². The van der Waals surface area contributed by atoms with Crippen LogP contribution >= 0.6 is 0 Å². The Bertz CT molecular complexity index is 1260. The molecule has 192 valence electrons. The number of rotatable bonds is 5. The van der Waals surface area contributed by atoms with Crippen molar-refractivity contribution in [1.82, 2.24) is 21.1 Å². The third-order valence-electron chi connectivity index (χ3n) is 7.27. The average Bonchev–Trinajstić information content (AvgIpc) is 3.31. The highest BCUT2D eigenvalue weighted by Gasteiger charge is 2.48. The Morgan fingerprint density at radius 3 is 2.57 bits per heavy atom. The first-order chi connectivity index (χ1) is 17.9. The maximum absolute atomic E-state index is 14.0. The number of hydrazine groups is 1. The topological polar surface area (TPSA) is 109 Å². The molecule has 0 aromatic heterocycles. The van der Waals surface area contributed by atoms with E-state index < -0.39 is 18.0 Å². The number of hydrogen-bond donors (Lipinski definition) is 4. The molecule has 1 saturated carbocycles. The number of carbonyl (C=O) groups is 2. The summed E-state index contributed by atoms with van der Waals surface area (Å²) in [5.74, 6) is 4.78. The smallest absolute Gasteiger partial charge is 0.296 e. The summed E-state index contributed by atoms with van der Waals surface area (Å²) in [6, 6.07) is 13.4. The zero-order valence-electron chi connectivity index (χ0n) is 20.5. The SMILES string of the molecule is CC#CC(=O)NC1CCC(N2C=C(c3ccc(Oc4ccccc4F)cc3)C3C(N)NNC(=O)C32)CC1. The summed E-state index contributed by atoms with van der Waals surface area (Å²) in [5, 5.41) is 2.97. The van der Waals surface area contributed by atoms with E-state index in [0.717, 1.165) is 36.8 Å². The Kier molecular flexibility index (Phi) is 7.12. The Labute approximate surface area is 215 Å². The summed E-state index contributed by atoms with van der Waals surface area (Å²) in [5.41, 5.74) is 13.9. The highest BCUT2D eigenvalue weighted by molar-refractivity contribution is 5.93. The molecule has 3 unspecified atom stereocenters. The maximum atomic E-state index is 14.0. The lowest BCUT2D eigenvalue weighted by atomic mass is 9.85. The van der Waals surface area contributed by atoms with Crippen LogP contribution < -0.4 is 26.6 Å². The second-order valence-corrected chi connectivity index (χ2v) is 9.57. The minimum absolute atomic E-state index is 0.0811. The molecule has 2 aliphatic heterocycles. The molecule has 1 aliphatic carbocycles. The van der Waals surface area contributed by atoms with E-state index in [9.17, 15) is 14.0 Å². The van der Waals surface area contributed by atoms with Crippen LogP contribution in [-0.4, -0.2) is 41.0 Å². The van der Waals surface area contributed by atoms with Crippen molar-refractivity contribution in [2.75, 3.05) is 0 Å². The minimum Gasteiger partial charge on any atom is -0.454 e. The van der Waals surface area contributed by atoms with Crippen LogP contribution in [0, 0.1) is 23.6 Å². The van der Waals surface area contributed by atoms with E-state index in [1.54, 1.807) is 37.3 Å². The van der Waals surface area contributed by atoms with E-state index in [-0.39, 0.29) is 35.6 Å². The quantitative estimate of drug-likeness (QED) is 0.467. The molecule has 0 radical (unpaired) electrons. The van der Waals surface area contributed by atoms with E-state index in [1.165, 1.54) is 6.07 Å². The third-order valence-corrected chi connectivity index (χ3v) is 7.27. The predicted octanol–water partition coefficient (Wildman–Crippen LogP) is 2.63. The first kappa shape index (κ1) is 24.8. The summed E-state index contributed by atoms with van der Waals surface area (Å²) < 4.78 is 19.7. The van der Waals surface area contributed by atoms with Crippen LogP contribution in [0.4, 0.5) is 4.39 Å². The highest BCUT2D eigenvalue weighted by atomic mass is 19.1. The van der Waals surface area contributed by atoms with Crippen LogP contribution in [0.5, 0.6) is 11.5 Å². The summed E-state index contributed by atoms with van der Waals surface area (Å²) in [6.45, 7) is 1.64. The number of amides is 2. The number of benzene rings is 2. The van der Waals surface area contributed by atoms with Gasteiger partial charge in [0.1, 0.15) is 11.8 Å². The van der Waals surface area contributed by atoms with Crippen molar-refractivity contribution < 1.29 is 18.7 Å². The van der Waals surface area contributed by atoms with Crippen molar-refractivity contribution in [3.8, 4) is 23.3 Å². The summed E-state index contributed by atoms with van der Waals surface area (Å²) in [6.07, 6.45) is 4.89. The van der Waals surface area contributed by atoms with E-state index in [2.05, 4.69) is 39.1 Å². The van der Waals surface area contributed by atoms with Gasteiger partial charge in [0.25, 0.3) is 11.8 Å². The Hall–Kier alpha value is -3.87. The molecular formula is C28H30FN5O3. The number of para-hydroxylation sites is 1. The molecule has 0 bridgehead atoms. The molecule has 9 heteroatoms. The Morgan fingerprint density at radius 2 is 1.86 bits per heavy atom. The fourth-order valence-corrected chi connectivity index (χ4v) is 5.51. The van der Waals surface area contributed by atoms with Gasteiger partial charge in [-0.3, -0.25) is 15.0 Å². The van der Waals surface area contributed by atoms with Crippen molar-refractivity contribution in [1.29, 1.82) is 0 Å². The minimum atomic E-state index is -0.462. The number of nitrogens with two attached hydrogens (primary N) is 1. The van der Waals surface area contributed by atoms with Gasteiger partial charge in [0, 0.05) is 24.2 Å². The lowest BCUT2D eigenvalue weighted by Gasteiger charge is -2.42. The Morgan fingerprint density at radius 1 is 1.14 bits per heavy atom. The second kappa shape index (κ2) is 10.6. The van der Waals surface area contributed by atoms with Gasteiger partial charge in [-0.25, -0.2) is 9.82 Å². The number of fused-ring (bicyclic) bond motifs is 1. The van der Waals surface area contributed by atoms with Crippen molar-refractivity contribution >= 4 is 17.4 Å². The zero-order valence-corrected chi connectivity index (χ0v) is 20.5. The molecular weight excluding hydrogens is 473 g/mol. The lowest BCUT2D eigenvalue weighted by molar-refractivity contribution is -0.131. The van der Waals surface area contributed by atoms with Crippen LogP contribution in [-0.2, 0) is 9.59 Å². The molecule has 2 heterocycles. The van der Waals surface area contributed by atoms with E-state index >= 15 is 0 Å². The molecule has 3 aliphatic rings. The van der Waals surface area contributed by atoms with Gasteiger partial charge in [0.15, 0.2) is 11.6 Å². The molecule has 1 saturated heterocycles. The van der Waals surface area contributed by atoms with Crippen molar-refractivity contribution in [2.45, 2.75) is 56.9 Å². The van der Waals surface area contributed by atoms with Crippen LogP contribution in [0.15, 0.2) is 54.7 Å². The monoisotopic (exact) mass is 503 g/mol. The maximum Gasteiger partial charge on any atom is 0.296 e. The van der Waals surface area contributed by atoms with Crippen molar-refractivity contribution in [2.24, 2.45) is 11.7 Å². The van der Waals surface area contributed by atoms with Crippen LogP contribution in [0.25, 0.3) is 5.57 Å². The number of carbonyl (C=O) groups excluding carboxylic acids is 2. The standard InChI is InChI=1S/C28H30FN5O3/c1-2-5-24(35)31-18-10-12-19(13-11-18)34-16-21(25-26(34)28(36)33-32-27(25)30)17-8-14-20(15-9-17)37-23-7-4-3-6-22(23)29/h3-4,6-9,14-16,18-19,25-27,32H,10-13,30H2,1H3,(H,31,35)(H,33,36). The molecule has 5 rings (SSSR count). The highest BCUT2D eigenvalue weighted by Crippen LogP contribution is 2.42. The van der Waals surface area contributed by atoms with E-state index in [4.69, 9.17) is 10.5 Å². The Balaban J connectivity index is 1.35. The summed E-state index contributed by atoms with van der Waals surface area (Å²) in [4.78, 5) is 27.0. The normalized spacial score (nSPS) is 26.8. The largest absolute Gasteiger partial charge is 0.454 e. The molecule has 37 heavy (non-hydrogen) atoms. The average molecular weight is 504 g/mol. The van der Waals surface area contributed by atoms with Crippen LogP contribution in [0.3, 0.4) is 0 Å². The van der Waals surface area contributed by atoms with Crippen LogP contribution in [0.2, 0.25) is 0 Å². The molecule has 2 fully saturated rings. The number of nitrogens with one attached hydrogen (secondary N) is 3. The van der Waals surface area contributed by atoms with Gasteiger partial charge < -0.3 is 20.7 Å². The van der Waals surface area contributed by atoms with E-state index in [1.807, 2.05) is 12.1 Å². The van der Waals surface area contributed by atoms with Gasteiger partial charge in [0.2, 0.25) is 0 Å². The molecule has 2 aromatic rings. The lowest BCUT2D eigenvalue weighted by Crippen LogP contribution is -2.67. The fraction of sp³-hybridized carbons (Fsp3) is 0.357. The molecule has 0 spiro atoms. The first-order valence-corrected chi connectivity index (χ1v) is 12.5. The predicted molar refractivity (Wildman–Crippen MR) is 137 cm³/mol. The molecule has 8 nitrogen and oxygen atoms in total. The van der Waals surface area contributed by atoms with Gasteiger partial charge >= 0.3 is 0 Å². The third kappa shape index (κ3) is 5.17. The number of halogens is 1. The molecule has 2 amide bonds. The number of ether oxygens (including phenoxy) is 1. The second-order valence-electron chi connectivity index (χ2n) is 9.57. The number of hydrogen-bond acceptors (Lipinski definition) is 6. The summed E-state index contributed by atoms with van der Waals surface area (Å²) >= 11 is 0. The van der Waals surface area contributed by atoms with Crippen LogP contribution in [0.1, 0.15) is 38.2 Å². The van der Waals surface area contributed by atoms with Gasteiger partial charge in [0.05, 0.1) is 6.17 Å². The fourth-order valence-electron chi connectivity index (χ4n) is 5.51. The molecule has 2 aromatic carbocycles. The summed E-state index contributed by atoms with van der Waals surface area (Å²) in [7, 11) is 0. The molecule has 3 atom stereocenters. The van der Waals surface area contributed by atoms with Crippen molar-refractivity contribution in [3.05, 3.63) is 66.1 Å².